The van der Waals surface area contributed by atoms with Gasteiger partial charge in [0.05, 0.1) is 16.7 Å². The van der Waals surface area contributed by atoms with E-state index in [1.54, 1.807) is 0 Å². The van der Waals surface area contributed by atoms with Crippen LogP contribution in [0.1, 0.15) is 0 Å². The van der Waals surface area contributed by atoms with Gasteiger partial charge >= 0.3 is 0 Å². The van der Waals surface area contributed by atoms with Gasteiger partial charge in [0, 0.05) is 55.1 Å². The highest BCUT2D eigenvalue weighted by Gasteiger charge is 2.22. The van der Waals surface area contributed by atoms with E-state index in [9.17, 15) is 0 Å². The molecule has 67 heavy (non-hydrogen) atoms. The van der Waals surface area contributed by atoms with Crippen LogP contribution in [0.15, 0.2) is 259 Å². The summed E-state index contributed by atoms with van der Waals surface area (Å²) in [6.45, 7) is 0. The molecule has 0 aliphatic heterocycles. The third kappa shape index (κ3) is 6.59. The molecule has 0 aliphatic rings. The van der Waals surface area contributed by atoms with Crippen LogP contribution in [0.25, 0.3) is 105 Å². The van der Waals surface area contributed by atoms with Gasteiger partial charge in [-0.05, 0) is 105 Å². The molecule has 0 aliphatic carbocycles. The number of fused-ring (bicyclic) bond motifs is 8. The van der Waals surface area contributed by atoms with Gasteiger partial charge in [-0.2, -0.15) is 0 Å². The van der Waals surface area contributed by atoms with Crippen molar-refractivity contribution < 1.29 is 4.42 Å². The minimum atomic E-state index is 0.878. The number of hydrogen-bond acceptors (Lipinski definition) is 2. The van der Waals surface area contributed by atoms with Gasteiger partial charge in [0.25, 0.3) is 0 Å². The number of para-hydroxylation sites is 4. The molecule has 0 atom stereocenters. The van der Waals surface area contributed by atoms with Gasteiger partial charge in [0.2, 0.25) is 0 Å². The molecule has 3 nitrogen and oxygen atoms in total. The highest BCUT2D eigenvalue weighted by atomic mass is 16.3. The Kier molecular flexibility index (Phi) is 9.17. The Hall–Kier alpha value is -8.92. The van der Waals surface area contributed by atoms with Crippen molar-refractivity contribution >= 4 is 71.6 Å². The van der Waals surface area contributed by atoms with Gasteiger partial charge in [0.1, 0.15) is 11.2 Å². The van der Waals surface area contributed by atoms with Crippen molar-refractivity contribution in [1.29, 1.82) is 0 Å². The Labute approximate surface area is 388 Å². The van der Waals surface area contributed by atoms with Gasteiger partial charge < -0.3 is 13.9 Å². The van der Waals surface area contributed by atoms with Crippen LogP contribution in [0.5, 0.6) is 0 Å². The number of rotatable bonds is 8. The fraction of sp³-hybridized carbons (Fsp3) is 0. The summed E-state index contributed by atoms with van der Waals surface area (Å²) in [6.07, 6.45) is 0. The first-order valence-corrected chi connectivity index (χ1v) is 22.9. The molecule has 0 bridgehead atoms. The van der Waals surface area contributed by atoms with Gasteiger partial charge in [0.15, 0.2) is 0 Å². The number of hydrogen-bond donors (Lipinski definition) is 0. The molecular formula is C64H42N2O. The molecule has 0 amide bonds. The van der Waals surface area contributed by atoms with Crippen molar-refractivity contribution in [2.75, 3.05) is 4.90 Å². The second kappa shape index (κ2) is 16.0. The van der Waals surface area contributed by atoms with Gasteiger partial charge in [-0.1, -0.05) is 188 Å². The predicted octanol–water partition coefficient (Wildman–Crippen LogP) is 18.0. The van der Waals surface area contributed by atoms with E-state index in [-0.39, 0.29) is 0 Å². The van der Waals surface area contributed by atoms with E-state index in [1.807, 2.05) is 0 Å². The lowest BCUT2D eigenvalue weighted by atomic mass is 9.96. The van der Waals surface area contributed by atoms with Crippen molar-refractivity contribution in [3.05, 3.63) is 255 Å². The van der Waals surface area contributed by atoms with Gasteiger partial charge in [-0.25, -0.2) is 0 Å². The molecule has 0 saturated carbocycles. The summed E-state index contributed by atoms with van der Waals surface area (Å²) in [7, 11) is 0. The average Bonchev–Trinajstić information content (AvgIpc) is 3.96. The lowest BCUT2D eigenvalue weighted by Gasteiger charge is -2.29. The molecule has 314 valence electrons. The molecule has 13 rings (SSSR count). The first-order valence-electron chi connectivity index (χ1n) is 22.9. The molecule has 0 saturated heterocycles. The summed E-state index contributed by atoms with van der Waals surface area (Å²) in [5.41, 5.74) is 17.5. The zero-order valence-corrected chi connectivity index (χ0v) is 36.6. The Morgan fingerprint density at radius 2 is 0.836 bits per heavy atom. The van der Waals surface area contributed by atoms with Crippen LogP contribution in [0.3, 0.4) is 0 Å². The van der Waals surface area contributed by atoms with Crippen LogP contribution in [0, 0.1) is 0 Å². The van der Waals surface area contributed by atoms with Crippen molar-refractivity contribution in [1.82, 2.24) is 4.57 Å². The predicted molar refractivity (Wildman–Crippen MR) is 282 cm³/mol. The summed E-state index contributed by atoms with van der Waals surface area (Å²) >= 11 is 0. The maximum absolute atomic E-state index is 6.98. The maximum atomic E-state index is 6.98. The topological polar surface area (TPSA) is 21.3 Å². The molecule has 0 unspecified atom stereocenters. The summed E-state index contributed by atoms with van der Waals surface area (Å²) < 4.78 is 9.36. The smallest absolute Gasteiger partial charge is 0.143 e. The lowest BCUT2D eigenvalue weighted by Crippen LogP contribution is -2.11. The highest BCUT2D eigenvalue weighted by molar-refractivity contribution is 6.18. The van der Waals surface area contributed by atoms with Gasteiger partial charge in [-0.3, -0.25) is 0 Å². The Bertz CT molecular complexity index is 3860. The lowest BCUT2D eigenvalue weighted by molar-refractivity contribution is 0.674. The summed E-state index contributed by atoms with van der Waals surface area (Å²) in [5.74, 6) is 0. The van der Waals surface area contributed by atoms with E-state index in [0.29, 0.717) is 0 Å². The second-order valence-corrected chi connectivity index (χ2v) is 17.3. The molecule has 11 aromatic carbocycles. The fourth-order valence-corrected chi connectivity index (χ4v) is 10.2. The third-order valence-electron chi connectivity index (χ3n) is 13.4. The fourth-order valence-electron chi connectivity index (χ4n) is 10.2. The molecular weight excluding hydrogens is 813 g/mol. The number of benzene rings is 11. The molecule has 0 radical (unpaired) electrons. The van der Waals surface area contributed by atoms with E-state index in [1.165, 1.54) is 21.8 Å². The third-order valence-corrected chi connectivity index (χ3v) is 13.4. The van der Waals surface area contributed by atoms with Crippen LogP contribution < -0.4 is 4.90 Å². The summed E-state index contributed by atoms with van der Waals surface area (Å²) in [5, 5.41) is 7.01. The van der Waals surface area contributed by atoms with Crippen molar-refractivity contribution in [3.8, 4) is 50.2 Å². The van der Waals surface area contributed by atoms with E-state index >= 15 is 0 Å². The second-order valence-electron chi connectivity index (χ2n) is 17.3. The van der Waals surface area contributed by atoms with Crippen molar-refractivity contribution in [2.45, 2.75) is 0 Å². The van der Waals surface area contributed by atoms with Crippen LogP contribution >= 0.6 is 0 Å². The standard InChI is InChI=1S/C64H42N2O/c1-3-17-43(18-4-1)48-39-49(44-19-5-2-6-20-44)42-52(41-48)65(60-30-12-11-27-56(60)57-28-16-29-58-59-38-35-46-21-7-8-24-53(46)63(59)67-64(57)58)50-36-33-45(34-37-50)47-22-15-23-51(40-47)66-61-31-13-9-25-54(61)55-26-10-14-32-62(55)66/h1-42H. The van der Waals surface area contributed by atoms with E-state index < -0.39 is 0 Å². The molecule has 3 heteroatoms. The Morgan fingerprint density at radius 3 is 1.55 bits per heavy atom. The van der Waals surface area contributed by atoms with Crippen LogP contribution in [-0.2, 0) is 0 Å². The zero-order valence-electron chi connectivity index (χ0n) is 36.6. The highest BCUT2D eigenvalue weighted by Crippen LogP contribution is 2.47. The molecule has 2 aromatic heterocycles. The monoisotopic (exact) mass is 854 g/mol. The summed E-state index contributed by atoms with van der Waals surface area (Å²) in [6, 6.07) is 91.9. The Morgan fingerprint density at radius 1 is 0.299 bits per heavy atom. The first kappa shape index (κ1) is 38.5. The molecule has 0 spiro atoms. The van der Waals surface area contributed by atoms with E-state index in [0.717, 1.165) is 100.0 Å². The molecule has 0 fully saturated rings. The molecule has 2 heterocycles. The van der Waals surface area contributed by atoms with Crippen LogP contribution in [-0.4, -0.2) is 4.57 Å². The molecule has 13 aromatic rings. The van der Waals surface area contributed by atoms with E-state index in [4.69, 9.17) is 4.42 Å². The first-order chi connectivity index (χ1) is 33.2. The number of furan rings is 1. The normalized spacial score (nSPS) is 11.6. The Balaban J connectivity index is 0.998. The number of nitrogens with zero attached hydrogens (tertiary/aromatic N) is 2. The SMILES string of the molecule is c1ccc(-c2cc(-c3ccccc3)cc(N(c3ccc(-c4cccc(-n5c6ccccc6c6ccccc65)c4)cc3)c3ccccc3-c3cccc4c3oc3c5ccccc5ccc43)c2)cc1. The minimum absolute atomic E-state index is 0.878. The number of anilines is 3. The zero-order chi connectivity index (χ0) is 44.3. The van der Waals surface area contributed by atoms with Gasteiger partial charge in [-0.15, -0.1) is 0 Å². The average molecular weight is 855 g/mol. The molecule has 0 N–H and O–H groups in total. The summed E-state index contributed by atoms with van der Waals surface area (Å²) in [4.78, 5) is 2.42. The van der Waals surface area contributed by atoms with Crippen LogP contribution in [0.2, 0.25) is 0 Å². The van der Waals surface area contributed by atoms with Crippen molar-refractivity contribution in [3.63, 3.8) is 0 Å². The minimum Gasteiger partial charge on any atom is -0.455 e. The quantitative estimate of drug-likeness (QED) is 0.152. The van der Waals surface area contributed by atoms with Crippen molar-refractivity contribution in [2.24, 2.45) is 0 Å². The van der Waals surface area contributed by atoms with Crippen LogP contribution in [0.4, 0.5) is 17.1 Å². The maximum Gasteiger partial charge on any atom is 0.143 e. The largest absolute Gasteiger partial charge is 0.455 e. The number of aromatic nitrogens is 1. The van der Waals surface area contributed by atoms with E-state index in [2.05, 4.69) is 264 Å².